The summed E-state index contributed by atoms with van der Waals surface area (Å²) in [5.41, 5.74) is 1.31. The average Bonchev–Trinajstić information content (AvgIpc) is 3.04. The molecule has 3 aromatic heterocycles. The first-order valence-electron chi connectivity index (χ1n) is 6.89. The largest absolute Gasteiger partial charge is 0.316 e. The molecule has 8 heteroatoms. The Morgan fingerprint density at radius 1 is 1.32 bits per heavy atom. The lowest BCUT2D eigenvalue weighted by Crippen LogP contribution is -2.22. The van der Waals surface area contributed by atoms with Crippen molar-refractivity contribution < 1.29 is 4.79 Å². The minimum absolute atomic E-state index is 0.0744. The van der Waals surface area contributed by atoms with E-state index in [1.165, 1.54) is 4.52 Å². The molecule has 0 aromatic carbocycles. The number of carbonyl (C=O) groups excluding carboxylic acids is 1. The highest BCUT2D eigenvalue weighted by atomic mass is 16.2. The third kappa shape index (κ3) is 2.54. The van der Waals surface area contributed by atoms with Gasteiger partial charge in [0.2, 0.25) is 5.82 Å². The molecular formula is C14H17N7O. The molecule has 0 atom stereocenters. The Kier molecular flexibility index (Phi) is 3.16. The SMILES string of the molecule is Cc1ccnc2nc(C(=O)Nc3cnn(C(C)(C)C)c3)nn12. The lowest BCUT2D eigenvalue weighted by atomic mass is 10.1. The first-order valence-corrected chi connectivity index (χ1v) is 6.89. The van der Waals surface area contributed by atoms with Crippen LogP contribution in [0.3, 0.4) is 0 Å². The molecule has 0 bridgehead atoms. The van der Waals surface area contributed by atoms with E-state index in [1.807, 2.05) is 27.7 Å². The maximum Gasteiger partial charge on any atom is 0.295 e. The smallest absolute Gasteiger partial charge is 0.295 e. The van der Waals surface area contributed by atoms with Gasteiger partial charge < -0.3 is 5.32 Å². The number of aryl methyl sites for hydroxylation is 1. The van der Waals surface area contributed by atoms with Gasteiger partial charge in [0.15, 0.2) is 0 Å². The summed E-state index contributed by atoms with van der Waals surface area (Å²) in [6.45, 7) is 7.97. The normalized spacial score (nSPS) is 11.8. The standard InChI is InChI=1S/C14H17N7O/c1-9-5-6-15-13-18-11(19-21(9)13)12(22)17-10-7-16-20(8-10)14(2,3)4/h5-8H,1-4H3,(H,17,22). The van der Waals surface area contributed by atoms with Gasteiger partial charge in [-0.05, 0) is 33.8 Å². The van der Waals surface area contributed by atoms with Crippen LogP contribution in [0.15, 0.2) is 24.7 Å². The number of fused-ring (bicyclic) bond motifs is 1. The molecule has 0 spiro atoms. The zero-order valence-corrected chi connectivity index (χ0v) is 12.9. The van der Waals surface area contributed by atoms with Crippen LogP contribution < -0.4 is 5.32 Å². The van der Waals surface area contributed by atoms with Gasteiger partial charge >= 0.3 is 0 Å². The third-order valence-electron chi connectivity index (χ3n) is 3.16. The molecule has 1 N–H and O–H groups in total. The molecule has 0 radical (unpaired) electrons. The van der Waals surface area contributed by atoms with Crippen molar-refractivity contribution in [1.82, 2.24) is 29.4 Å². The Morgan fingerprint density at radius 3 is 2.73 bits per heavy atom. The van der Waals surface area contributed by atoms with Crippen LogP contribution in [0.5, 0.6) is 0 Å². The van der Waals surface area contributed by atoms with Crippen LogP contribution in [0.25, 0.3) is 5.78 Å². The van der Waals surface area contributed by atoms with E-state index < -0.39 is 5.91 Å². The zero-order valence-electron chi connectivity index (χ0n) is 12.9. The number of anilines is 1. The van der Waals surface area contributed by atoms with Gasteiger partial charge in [-0.25, -0.2) is 9.50 Å². The van der Waals surface area contributed by atoms with Crippen molar-refractivity contribution in [3.05, 3.63) is 36.2 Å². The van der Waals surface area contributed by atoms with E-state index in [9.17, 15) is 4.79 Å². The van der Waals surface area contributed by atoms with Crippen molar-refractivity contribution in [3.8, 4) is 0 Å². The van der Waals surface area contributed by atoms with Crippen LogP contribution in [0.2, 0.25) is 0 Å². The average molecular weight is 299 g/mol. The molecular weight excluding hydrogens is 282 g/mol. The minimum Gasteiger partial charge on any atom is -0.316 e. The summed E-state index contributed by atoms with van der Waals surface area (Å²) in [5.74, 6) is 0.0826. The maximum atomic E-state index is 12.2. The second-order valence-corrected chi connectivity index (χ2v) is 6.03. The van der Waals surface area contributed by atoms with Crippen molar-refractivity contribution >= 4 is 17.4 Å². The number of rotatable bonds is 2. The fourth-order valence-corrected chi connectivity index (χ4v) is 1.94. The Labute approximate surface area is 127 Å². The quantitative estimate of drug-likeness (QED) is 0.777. The van der Waals surface area contributed by atoms with E-state index >= 15 is 0 Å². The number of hydrogen-bond acceptors (Lipinski definition) is 5. The second kappa shape index (κ2) is 4.90. The molecule has 1 amide bonds. The number of aromatic nitrogens is 6. The third-order valence-corrected chi connectivity index (χ3v) is 3.16. The molecule has 3 rings (SSSR count). The summed E-state index contributed by atoms with van der Waals surface area (Å²) in [4.78, 5) is 20.4. The highest BCUT2D eigenvalue weighted by molar-refractivity contribution is 6.01. The lowest BCUT2D eigenvalue weighted by Gasteiger charge is -2.18. The van der Waals surface area contributed by atoms with Crippen LogP contribution in [-0.4, -0.2) is 35.3 Å². The van der Waals surface area contributed by atoms with Gasteiger partial charge in [-0.15, -0.1) is 5.10 Å². The van der Waals surface area contributed by atoms with Crippen molar-refractivity contribution in [2.45, 2.75) is 33.2 Å². The summed E-state index contributed by atoms with van der Waals surface area (Å²) in [6, 6.07) is 1.80. The van der Waals surface area contributed by atoms with E-state index in [1.54, 1.807) is 29.3 Å². The number of amides is 1. The van der Waals surface area contributed by atoms with Gasteiger partial charge in [-0.3, -0.25) is 9.48 Å². The number of hydrogen-bond donors (Lipinski definition) is 1. The Bertz CT molecular complexity index is 840. The summed E-state index contributed by atoms with van der Waals surface area (Å²) < 4.78 is 3.32. The molecule has 22 heavy (non-hydrogen) atoms. The highest BCUT2D eigenvalue weighted by Gasteiger charge is 2.17. The predicted molar refractivity (Wildman–Crippen MR) is 80.7 cm³/mol. The zero-order chi connectivity index (χ0) is 15.9. The molecule has 0 unspecified atom stereocenters. The van der Waals surface area contributed by atoms with Crippen LogP contribution in [0.4, 0.5) is 5.69 Å². The van der Waals surface area contributed by atoms with E-state index in [2.05, 4.69) is 25.5 Å². The Hall–Kier alpha value is -2.77. The van der Waals surface area contributed by atoms with Gasteiger partial charge in [-0.1, -0.05) is 0 Å². The molecule has 0 aliphatic rings. The van der Waals surface area contributed by atoms with Gasteiger partial charge in [0.25, 0.3) is 11.7 Å². The molecule has 3 heterocycles. The first-order chi connectivity index (χ1) is 10.3. The van der Waals surface area contributed by atoms with Crippen molar-refractivity contribution in [3.63, 3.8) is 0 Å². The maximum absolute atomic E-state index is 12.2. The second-order valence-electron chi connectivity index (χ2n) is 6.03. The summed E-state index contributed by atoms with van der Waals surface area (Å²) in [6.07, 6.45) is 5.01. The molecule has 0 aliphatic carbocycles. The van der Waals surface area contributed by atoms with Gasteiger partial charge in [-0.2, -0.15) is 10.1 Å². The van der Waals surface area contributed by atoms with E-state index in [0.717, 1.165) is 5.69 Å². The van der Waals surface area contributed by atoms with E-state index in [-0.39, 0.29) is 11.4 Å². The molecule has 8 nitrogen and oxygen atoms in total. The topological polar surface area (TPSA) is 90.0 Å². The van der Waals surface area contributed by atoms with Crippen LogP contribution in [-0.2, 0) is 5.54 Å². The van der Waals surface area contributed by atoms with Gasteiger partial charge in [0.05, 0.1) is 17.4 Å². The van der Waals surface area contributed by atoms with Crippen molar-refractivity contribution in [2.24, 2.45) is 0 Å². The number of nitrogens with one attached hydrogen (secondary N) is 1. The fraction of sp³-hybridized carbons (Fsp3) is 0.357. The summed E-state index contributed by atoms with van der Waals surface area (Å²) >= 11 is 0. The van der Waals surface area contributed by atoms with Crippen LogP contribution in [0, 0.1) is 6.92 Å². The molecule has 0 fully saturated rings. The molecule has 0 saturated heterocycles. The van der Waals surface area contributed by atoms with Gasteiger partial charge in [0.1, 0.15) is 0 Å². The summed E-state index contributed by atoms with van der Waals surface area (Å²) in [7, 11) is 0. The van der Waals surface area contributed by atoms with Crippen molar-refractivity contribution in [1.29, 1.82) is 0 Å². The summed E-state index contributed by atoms with van der Waals surface area (Å²) in [5, 5.41) is 11.1. The predicted octanol–water partition coefficient (Wildman–Crippen LogP) is 1.64. The van der Waals surface area contributed by atoms with Gasteiger partial charge in [0, 0.05) is 18.1 Å². The first kappa shape index (κ1) is 14.2. The van der Waals surface area contributed by atoms with E-state index in [0.29, 0.717) is 11.5 Å². The lowest BCUT2D eigenvalue weighted by molar-refractivity contribution is 0.101. The Balaban J connectivity index is 1.84. The minimum atomic E-state index is -0.390. The number of carbonyl (C=O) groups is 1. The number of nitrogens with zero attached hydrogens (tertiary/aromatic N) is 6. The Morgan fingerprint density at radius 2 is 2.09 bits per heavy atom. The fourth-order valence-electron chi connectivity index (χ4n) is 1.94. The van der Waals surface area contributed by atoms with Crippen molar-refractivity contribution in [2.75, 3.05) is 5.32 Å². The molecule has 114 valence electrons. The van der Waals surface area contributed by atoms with Crippen LogP contribution in [0.1, 0.15) is 37.1 Å². The monoisotopic (exact) mass is 299 g/mol. The highest BCUT2D eigenvalue weighted by Crippen LogP contribution is 2.16. The molecule has 0 saturated carbocycles. The van der Waals surface area contributed by atoms with Crippen LogP contribution >= 0.6 is 0 Å². The molecule has 0 aliphatic heterocycles. The molecule has 3 aromatic rings. The van der Waals surface area contributed by atoms with E-state index in [4.69, 9.17) is 0 Å².